The number of ether oxygens (including phenoxy) is 2. The van der Waals surface area contributed by atoms with Gasteiger partial charge >= 0.3 is 0 Å². The Morgan fingerprint density at radius 1 is 1.11 bits per heavy atom. The molecule has 0 aliphatic carbocycles. The first-order chi connectivity index (χ1) is 9.21. The smallest absolute Gasteiger partial charge is 0.219 e. The second kappa shape index (κ2) is 8.40. The van der Waals surface area contributed by atoms with Crippen molar-refractivity contribution in [3.8, 4) is 11.5 Å². The summed E-state index contributed by atoms with van der Waals surface area (Å²) in [6, 6.07) is 5.91. The lowest BCUT2D eigenvalue weighted by molar-refractivity contribution is -0.120. The minimum atomic E-state index is 0.0796. The predicted octanol–water partition coefficient (Wildman–Crippen LogP) is 2.55. The first-order valence-electron chi connectivity index (χ1n) is 6.86. The third kappa shape index (κ3) is 5.20. The summed E-state index contributed by atoms with van der Waals surface area (Å²) in [4.78, 5) is 11.2. The molecule has 0 aromatic heterocycles. The Hall–Kier alpha value is -1.71. The minimum Gasteiger partial charge on any atom is -0.490 e. The quantitative estimate of drug-likeness (QED) is 0.785. The Morgan fingerprint density at radius 3 is 2.42 bits per heavy atom. The first kappa shape index (κ1) is 15.3. The molecule has 0 bridgehead atoms. The van der Waals surface area contributed by atoms with E-state index in [1.165, 1.54) is 0 Å². The maximum Gasteiger partial charge on any atom is 0.219 e. The molecule has 0 spiro atoms. The summed E-state index contributed by atoms with van der Waals surface area (Å²) in [6.45, 7) is 7.61. The molecule has 106 valence electrons. The molecule has 19 heavy (non-hydrogen) atoms. The highest BCUT2D eigenvalue weighted by molar-refractivity contribution is 5.75. The lowest BCUT2D eigenvalue weighted by Crippen LogP contribution is -2.24. The first-order valence-corrected chi connectivity index (χ1v) is 6.86. The second-order valence-corrected chi connectivity index (χ2v) is 4.10. The van der Waals surface area contributed by atoms with E-state index in [2.05, 4.69) is 5.32 Å². The van der Waals surface area contributed by atoms with Gasteiger partial charge in [-0.25, -0.2) is 0 Å². The van der Waals surface area contributed by atoms with E-state index in [0.29, 0.717) is 26.2 Å². The van der Waals surface area contributed by atoms with E-state index < -0.39 is 0 Å². The molecular formula is C15H23NO3. The van der Waals surface area contributed by atoms with E-state index in [1.807, 2.05) is 39.0 Å². The Balaban J connectivity index is 2.63. The van der Waals surface area contributed by atoms with Gasteiger partial charge in [-0.2, -0.15) is 0 Å². The lowest BCUT2D eigenvalue weighted by Gasteiger charge is -2.12. The number of carbonyl (C=O) groups excluding carboxylic acids is 1. The number of carbonyl (C=O) groups is 1. The maximum absolute atomic E-state index is 11.2. The standard InChI is InChI=1S/C15H23NO3/c1-4-15(17)16-10-9-12-7-8-13(18-5-2)14(11-12)19-6-3/h7-8,11H,4-6,9-10H2,1-3H3,(H,16,17). The molecule has 1 aromatic carbocycles. The van der Waals surface area contributed by atoms with E-state index in [0.717, 1.165) is 23.5 Å². The molecule has 1 aromatic rings. The lowest BCUT2D eigenvalue weighted by atomic mass is 10.1. The van der Waals surface area contributed by atoms with Gasteiger partial charge < -0.3 is 14.8 Å². The normalized spacial score (nSPS) is 10.1. The summed E-state index contributed by atoms with van der Waals surface area (Å²) < 4.78 is 11.1. The van der Waals surface area contributed by atoms with Crippen LogP contribution in [0.5, 0.6) is 11.5 Å². The van der Waals surface area contributed by atoms with Crippen LogP contribution >= 0.6 is 0 Å². The van der Waals surface area contributed by atoms with Crippen LogP contribution in [0.1, 0.15) is 32.8 Å². The van der Waals surface area contributed by atoms with Crippen LogP contribution in [0.4, 0.5) is 0 Å². The monoisotopic (exact) mass is 265 g/mol. The summed E-state index contributed by atoms with van der Waals surface area (Å²) >= 11 is 0. The Bertz CT molecular complexity index is 404. The molecule has 4 heteroatoms. The molecule has 1 rings (SSSR count). The second-order valence-electron chi connectivity index (χ2n) is 4.10. The van der Waals surface area contributed by atoms with E-state index in [1.54, 1.807) is 0 Å². The molecule has 1 amide bonds. The molecule has 0 heterocycles. The van der Waals surface area contributed by atoms with Crippen LogP contribution < -0.4 is 14.8 Å². The third-order valence-electron chi connectivity index (χ3n) is 2.66. The van der Waals surface area contributed by atoms with Crippen molar-refractivity contribution in [3.05, 3.63) is 23.8 Å². The molecule has 0 saturated heterocycles. The Labute approximate surface area is 115 Å². The van der Waals surface area contributed by atoms with Crippen molar-refractivity contribution in [2.24, 2.45) is 0 Å². The van der Waals surface area contributed by atoms with Crippen molar-refractivity contribution in [1.82, 2.24) is 5.32 Å². The zero-order valence-electron chi connectivity index (χ0n) is 12.0. The fraction of sp³-hybridized carbons (Fsp3) is 0.533. The average molecular weight is 265 g/mol. The number of amides is 1. The Morgan fingerprint density at radius 2 is 1.79 bits per heavy atom. The molecule has 0 aliphatic heterocycles. The van der Waals surface area contributed by atoms with Crippen LogP contribution in [-0.4, -0.2) is 25.7 Å². The van der Waals surface area contributed by atoms with Gasteiger partial charge in [0.1, 0.15) is 0 Å². The highest BCUT2D eigenvalue weighted by Crippen LogP contribution is 2.28. The number of rotatable bonds is 8. The fourth-order valence-corrected chi connectivity index (χ4v) is 1.72. The van der Waals surface area contributed by atoms with Gasteiger partial charge in [0.15, 0.2) is 11.5 Å². The third-order valence-corrected chi connectivity index (χ3v) is 2.66. The van der Waals surface area contributed by atoms with Gasteiger partial charge in [-0.1, -0.05) is 13.0 Å². The molecule has 0 unspecified atom stereocenters. The van der Waals surface area contributed by atoms with Crippen LogP contribution in [0.15, 0.2) is 18.2 Å². The van der Waals surface area contributed by atoms with Gasteiger partial charge in [0.2, 0.25) is 5.91 Å². The van der Waals surface area contributed by atoms with Crippen LogP contribution in [0, 0.1) is 0 Å². The van der Waals surface area contributed by atoms with Crippen LogP contribution in [-0.2, 0) is 11.2 Å². The number of hydrogen-bond donors (Lipinski definition) is 1. The minimum absolute atomic E-state index is 0.0796. The van der Waals surface area contributed by atoms with Crippen LogP contribution in [0.3, 0.4) is 0 Å². The molecular weight excluding hydrogens is 242 g/mol. The van der Waals surface area contributed by atoms with E-state index >= 15 is 0 Å². The topological polar surface area (TPSA) is 47.6 Å². The maximum atomic E-state index is 11.2. The van der Waals surface area contributed by atoms with Gasteiger partial charge in [-0.3, -0.25) is 4.79 Å². The van der Waals surface area contributed by atoms with Crippen molar-refractivity contribution in [2.45, 2.75) is 33.6 Å². The summed E-state index contributed by atoms with van der Waals surface area (Å²) in [6.07, 6.45) is 1.31. The van der Waals surface area contributed by atoms with Crippen molar-refractivity contribution < 1.29 is 14.3 Å². The average Bonchev–Trinajstić information content (AvgIpc) is 2.42. The highest BCUT2D eigenvalue weighted by Gasteiger charge is 2.06. The van der Waals surface area contributed by atoms with E-state index in [-0.39, 0.29) is 5.91 Å². The molecule has 0 fully saturated rings. The highest BCUT2D eigenvalue weighted by atomic mass is 16.5. The Kier molecular flexibility index (Phi) is 6.79. The predicted molar refractivity (Wildman–Crippen MR) is 75.8 cm³/mol. The molecule has 0 saturated carbocycles. The van der Waals surface area contributed by atoms with Crippen molar-refractivity contribution in [2.75, 3.05) is 19.8 Å². The van der Waals surface area contributed by atoms with Crippen molar-refractivity contribution in [1.29, 1.82) is 0 Å². The molecule has 0 radical (unpaired) electrons. The molecule has 4 nitrogen and oxygen atoms in total. The summed E-state index contributed by atoms with van der Waals surface area (Å²) in [5, 5.41) is 2.86. The van der Waals surface area contributed by atoms with E-state index in [9.17, 15) is 4.79 Å². The zero-order chi connectivity index (χ0) is 14.1. The van der Waals surface area contributed by atoms with E-state index in [4.69, 9.17) is 9.47 Å². The van der Waals surface area contributed by atoms with Crippen LogP contribution in [0.2, 0.25) is 0 Å². The number of benzene rings is 1. The van der Waals surface area contributed by atoms with Gasteiger partial charge in [-0.05, 0) is 38.0 Å². The van der Waals surface area contributed by atoms with Gasteiger partial charge in [0, 0.05) is 13.0 Å². The fourth-order valence-electron chi connectivity index (χ4n) is 1.72. The van der Waals surface area contributed by atoms with Crippen LogP contribution in [0.25, 0.3) is 0 Å². The van der Waals surface area contributed by atoms with Crippen molar-refractivity contribution in [3.63, 3.8) is 0 Å². The summed E-state index contributed by atoms with van der Waals surface area (Å²) in [5.41, 5.74) is 1.13. The van der Waals surface area contributed by atoms with Gasteiger partial charge in [-0.15, -0.1) is 0 Å². The number of hydrogen-bond acceptors (Lipinski definition) is 3. The van der Waals surface area contributed by atoms with Crippen molar-refractivity contribution >= 4 is 5.91 Å². The van der Waals surface area contributed by atoms with Gasteiger partial charge in [0.25, 0.3) is 0 Å². The molecule has 1 N–H and O–H groups in total. The summed E-state index contributed by atoms with van der Waals surface area (Å²) in [7, 11) is 0. The summed E-state index contributed by atoms with van der Waals surface area (Å²) in [5.74, 6) is 1.62. The van der Waals surface area contributed by atoms with Gasteiger partial charge in [0.05, 0.1) is 13.2 Å². The molecule has 0 aliphatic rings. The number of nitrogens with one attached hydrogen (secondary N) is 1. The SMILES string of the molecule is CCOc1ccc(CCNC(=O)CC)cc1OCC. The largest absolute Gasteiger partial charge is 0.490 e. The zero-order valence-corrected chi connectivity index (χ0v) is 12.0. The molecule has 0 atom stereocenters.